The fraction of sp³-hybridized carbons (Fsp3) is 0.308. The highest BCUT2D eigenvalue weighted by Gasteiger charge is 2.46. The molecule has 0 radical (unpaired) electrons. The minimum atomic E-state index is -0.798. The number of methoxy groups -OCH3 is 3. The fourth-order valence-electron chi connectivity index (χ4n) is 3.88. The average molecular weight is 468 g/mol. The summed E-state index contributed by atoms with van der Waals surface area (Å²) in [6.45, 7) is 4.66. The van der Waals surface area contributed by atoms with Crippen LogP contribution in [0.1, 0.15) is 23.6 Å². The summed E-state index contributed by atoms with van der Waals surface area (Å²) < 4.78 is 21.3. The van der Waals surface area contributed by atoms with Gasteiger partial charge in [0, 0.05) is 25.8 Å². The first-order valence-corrected chi connectivity index (χ1v) is 10.8. The fourth-order valence-corrected chi connectivity index (χ4v) is 3.88. The molecule has 1 saturated heterocycles. The van der Waals surface area contributed by atoms with Gasteiger partial charge in [-0.3, -0.25) is 9.59 Å². The van der Waals surface area contributed by atoms with Crippen LogP contribution in [0.3, 0.4) is 0 Å². The molecule has 0 aliphatic carbocycles. The number of hydrogen-bond donors (Lipinski definition) is 1. The molecule has 8 nitrogen and oxygen atoms in total. The van der Waals surface area contributed by atoms with E-state index in [1.54, 1.807) is 55.7 Å². The van der Waals surface area contributed by atoms with Crippen LogP contribution in [-0.4, -0.2) is 62.8 Å². The summed E-state index contributed by atoms with van der Waals surface area (Å²) in [4.78, 5) is 27.5. The zero-order chi connectivity index (χ0) is 24.7. The molecule has 1 N–H and O–H groups in total. The first kappa shape index (κ1) is 24.9. The third kappa shape index (κ3) is 5.07. The first-order valence-electron chi connectivity index (χ1n) is 10.8. The van der Waals surface area contributed by atoms with Gasteiger partial charge in [0.15, 0.2) is 11.5 Å². The number of Topliss-reactive ketones (excluding diaryl/α,β-unsaturated/α-hetero) is 1. The molecule has 34 heavy (non-hydrogen) atoms. The maximum Gasteiger partial charge on any atom is 0.295 e. The van der Waals surface area contributed by atoms with Crippen LogP contribution in [0.4, 0.5) is 0 Å². The zero-order valence-electron chi connectivity index (χ0n) is 19.6. The SMILES string of the molecule is C=CCOc1ccc(C(O)=C2C(=O)C(=O)N(CCCOC)[C@@H]2c2ccc(OC)c(OC)c2)cc1. The van der Waals surface area contributed by atoms with Crippen LogP contribution in [-0.2, 0) is 14.3 Å². The number of amides is 1. The lowest BCUT2D eigenvalue weighted by Gasteiger charge is -2.26. The Balaban J connectivity index is 2.09. The highest BCUT2D eigenvalue weighted by atomic mass is 16.5. The van der Waals surface area contributed by atoms with Crippen molar-refractivity contribution in [1.29, 1.82) is 0 Å². The highest BCUT2D eigenvalue weighted by Crippen LogP contribution is 2.42. The van der Waals surface area contributed by atoms with Crippen molar-refractivity contribution >= 4 is 17.4 Å². The van der Waals surface area contributed by atoms with E-state index < -0.39 is 17.7 Å². The van der Waals surface area contributed by atoms with Crippen molar-refractivity contribution in [2.45, 2.75) is 12.5 Å². The third-order valence-electron chi connectivity index (χ3n) is 5.51. The van der Waals surface area contributed by atoms with Crippen molar-refractivity contribution in [3.63, 3.8) is 0 Å². The molecule has 2 aromatic carbocycles. The Bertz CT molecular complexity index is 1080. The molecule has 1 heterocycles. The predicted molar refractivity (Wildman–Crippen MR) is 127 cm³/mol. The van der Waals surface area contributed by atoms with Crippen LogP contribution in [0, 0.1) is 0 Å². The second-order valence-corrected chi connectivity index (χ2v) is 7.58. The summed E-state index contributed by atoms with van der Waals surface area (Å²) in [6.07, 6.45) is 2.16. The number of carbonyl (C=O) groups excluding carboxylic acids is 2. The average Bonchev–Trinajstić information content (AvgIpc) is 3.12. The van der Waals surface area contributed by atoms with Gasteiger partial charge in [0.2, 0.25) is 0 Å². The number of ketones is 1. The molecule has 1 amide bonds. The molecule has 0 unspecified atom stereocenters. The van der Waals surface area contributed by atoms with Crippen LogP contribution in [0.2, 0.25) is 0 Å². The summed E-state index contributed by atoms with van der Waals surface area (Å²) in [5, 5.41) is 11.2. The topological polar surface area (TPSA) is 94.5 Å². The van der Waals surface area contributed by atoms with E-state index in [-0.39, 0.29) is 17.9 Å². The monoisotopic (exact) mass is 467 g/mol. The van der Waals surface area contributed by atoms with Gasteiger partial charge >= 0.3 is 0 Å². The number of rotatable bonds is 11. The minimum absolute atomic E-state index is 0.00870. The van der Waals surface area contributed by atoms with Gasteiger partial charge in [0.1, 0.15) is 18.1 Å². The number of aliphatic hydroxyl groups excluding tert-OH is 1. The second kappa shape index (κ2) is 11.4. The molecule has 8 heteroatoms. The second-order valence-electron chi connectivity index (χ2n) is 7.58. The van der Waals surface area contributed by atoms with Crippen LogP contribution in [0.5, 0.6) is 17.2 Å². The van der Waals surface area contributed by atoms with E-state index >= 15 is 0 Å². The molecule has 2 aromatic rings. The largest absolute Gasteiger partial charge is 0.507 e. The maximum atomic E-state index is 13.1. The molecule has 0 bridgehead atoms. The van der Waals surface area contributed by atoms with Crippen molar-refractivity contribution < 1.29 is 33.6 Å². The van der Waals surface area contributed by atoms with Gasteiger partial charge in [0.05, 0.1) is 25.8 Å². The number of carbonyl (C=O) groups is 2. The molecule has 0 saturated carbocycles. The molecule has 1 fully saturated rings. The van der Waals surface area contributed by atoms with E-state index in [9.17, 15) is 14.7 Å². The lowest BCUT2D eigenvalue weighted by Crippen LogP contribution is -2.31. The minimum Gasteiger partial charge on any atom is -0.507 e. The van der Waals surface area contributed by atoms with Crippen molar-refractivity contribution in [2.75, 3.05) is 41.1 Å². The smallest absolute Gasteiger partial charge is 0.295 e. The number of nitrogens with zero attached hydrogens (tertiary/aromatic N) is 1. The standard InChI is InChI=1S/C26H29NO7/c1-5-14-34-19-10-7-17(8-11-19)24(28)22-23(18-9-12-20(32-3)21(16-18)33-4)27(13-6-15-31-2)26(30)25(22)29/h5,7-12,16,23,28H,1,6,13-15H2,2-4H3/t23-/m1/s1. The number of ether oxygens (including phenoxy) is 4. The van der Waals surface area contributed by atoms with E-state index in [4.69, 9.17) is 18.9 Å². The van der Waals surface area contributed by atoms with E-state index in [0.717, 1.165) is 0 Å². The van der Waals surface area contributed by atoms with Crippen molar-refractivity contribution in [1.82, 2.24) is 4.90 Å². The van der Waals surface area contributed by atoms with Gasteiger partial charge in [-0.05, 0) is 48.4 Å². The molecule has 180 valence electrons. The van der Waals surface area contributed by atoms with Crippen LogP contribution in [0.25, 0.3) is 5.76 Å². The number of benzene rings is 2. The number of aliphatic hydroxyl groups is 1. The van der Waals surface area contributed by atoms with Gasteiger partial charge in [-0.2, -0.15) is 0 Å². The zero-order valence-corrected chi connectivity index (χ0v) is 19.6. The summed E-state index contributed by atoms with van der Waals surface area (Å²) in [5.41, 5.74) is 1.02. The predicted octanol–water partition coefficient (Wildman–Crippen LogP) is 3.73. The van der Waals surface area contributed by atoms with Gasteiger partial charge in [-0.15, -0.1) is 0 Å². The summed E-state index contributed by atoms with van der Waals surface area (Å²) in [7, 11) is 4.60. The lowest BCUT2D eigenvalue weighted by atomic mass is 9.95. The first-order chi connectivity index (χ1) is 16.5. The Hall–Kier alpha value is -3.78. The van der Waals surface area contributed by atoms with Gasteiger partial charge < -0.3 is 29.0 Å². The van der Waals surface area contributed by atoms with E-state index in [1.807, 2.05) is 0 Å². The summed E-state index contributed by atoms with van der Waals surface area (Å²) >= 11 is 0. The van der Waals surface area contributed by atoms with E-state index in [2.05, 4.69) is 6.58 Å². The highest BCUT2D eigenvalue weighted by molar-refractivity contribution is 6.46. The Morgan fingerprint density at radius 2 is 1.76 bits per heavy atom. The van der Waals surface area contributed by atoms with Crippen LogP contribution >= 0.6 is 0 Å². The van der Waals surface area contributed by atoms with Crippen LogP contribution < -0.4 is 14.2 Å². The number of hydrogen-bond acceptors (Lipinski definition) is 7. The number of likely N-dealkylation sites (tertiary alicyclic amines) is 1. The molecule has 0 spiro atoms. The summed E-state index contributed by atoms with van der Waals surface area (Å²) in [5.74, 6) is -0.135. The molecular formula is C26H29NO7. The van der Waals surface area contributed by atoms with Crippen LogP contribution in [0.15, 0.2) is 60.7 Å². The van der Waals surface area contributed by atoms with Crippen molar-refractivity contribution in [2.24, 2.45) is 0 Å². The van der Waals surface area contributed by atoms with Crippen molar-refractivity contribution in [3.8, 4) is 17.2 Å². The van der Waals surface area contributed by atoms with Gasteiger partial charge in [-0.1, -0.05) is 18.7 Å². The Morgan fingerprint density at radius 1 is 1.06 bits per heavy atom. The maximum absolute atomic E-state index is 13.1. The molecule has 3 rings (SSSR count). The van der Waals surface area contributed by atoms with E-state index in [1.165, 1.54) is 19.1 Å². The third-order valence-corrected chi connectivity index (χ3v) is 5.51. The quantitative estimate of drug-likeness (QED) is 0.177. The van der Waals surface area contributed by atoms with Gasteiger partial charge in [0.25, 0.3) is 11.7 Å². The molecule has 1 aliphatic heterocycles. The summed E-state index contributed by atoms with van der Waals surface area (Å²) in [6, 6.07) is 11.0. The van der Waals surface area contributed by atoms with Gasteiger partial charge in [-0.25, -0.2) is 0 Å². The Morgan fingerprint density at radius 3 is 2.38 bits per heavy atom. The molecule has 1 atom stereocenters. The molecular weight excluding hydrogens is 438 g/mol. The molecule has 1 aliphatic rings. The Labute approximate surface area is 199 Å². The normalized spacial score (nSPS) is 17.0. The van der Waals surface area contributed by atoms with Crippen molar-refractivity contribution in [3.05, 3.63) is 71.8 Å². The van der Waals surface area contributed by atoms with E-state index in [0.29, 0.717) is 48.0 Å². The Kier molecular flexibility index (Phi) is 8.32. The molecule has 0 aromatic heterocycles. The lowest BCUT2D eigenvalue weighted by molar-refractivity contribution is -0.140.